The number of carbonyl (C=O) groups excluding carboxylic acids is 1. The van der Waals surface area contributed by atoms with Crippen LogP contribution in [0, 0.1) is 0 Å². The molecule has 65 heavy (non-hydrogen) atoms. The van der Waals surface area contributed by atoms with Gasteiger partial charge >= 0.3 is 5.97 Å². The smallest absolute Gasteiger partial charge is 0.306 e. The Hall–Kier alpha value is -2.05. The van der Waals surface area contributed by atoms with Gasteiger partial charge in [0.1, 0.15) is 54.9 Å². The molecule has 11 unspecified atom stereocenters. The zero-order valence-corrected chi connectivity index (χ0v) is 40.0. The topological polar surface area (TPSA) is 214 Å². The van der Waals surface area contributed by atoms with E-state index in [0.717, 1.165) is 57.8 Å². The average Bonchev–Trinajstić information content (AvgIpc) is 3.30. The first kappa shape index (κ1) is 59.1. The number of esters is 1. The summed E-state index contributed by atoms with van der Waals surface area (Å²) in [4.78, 5) is 13.0. The number of rotatable bonds is 39. The predicted octanol–water partition coefficient (Wildman–Crippen LogP) is 7.18. The molecule has 14 nitrogen and oxygen atoms in total. The fourth-order valence-electron chi connectivity index (χ4n) is 7.75. The second kappa shape index (κ2) is 38.9. The van der Waals surface area contributed by atoms with Crippen molar-refractivity contribution in [3.8, 4) is 0 Å². The highest BCUT2D eigenvalue weighted by atomic mass is 16.7. The highest BCUT2D eigenvalue weighted by Gasteiger charge is 2.47. The molecule has 14 heteroatoms. The monoisotopic (exact) mass is 927 g/mol. The van der Waals surface area contributed by atoms with Gasteiger partial charge in [-0.15, -0.1) is 0 Å². The van der Waals surface area contributed by atoms with E-state index < -0.39 is 86.7 Å². The van der Waals surface area contributed by atoms with E-state index in [9.17, 15) is 40.5 Å². The van der Waals surface area contributed by atoms with Crippen LogP contribution in [0.15, 0.2) is 48.6 Å². The third-order valence-electron chi connectivity index (χ3n) is 11.9. The second-order valence-electron chi connectivity index (χ2n) is 17.6. The third-order valence-corrected chi connectivity index (χ3v) is 11.9. The lowest BCUT2D eigenvalue weighted by molar-refractivity contribution is -0.332. The van der Waals surface area contributed by atoms with Gasteiger partial charge in [-0.05, 0) is 51.4 Å². The van der Waals surface area contributed by atoms with Gasteiger partial charge in [-0.2, -0.15) is 0 Å². The lowest BCUT2D eigenvalue weighted by Gasteiger charge is -2.42. The standard InChI is InChI=1S/C51H90O14/c1-3-5-7-9-11-13-15-17-19-21-23-25-27-29-31-33-35-60-37-40(63-43(53)34-32-30-28-26-24-22-20-18-16-14-12-10-8-6-4-2)38-61-50-49(59)47(57)45(55)42(65-50)39-62-51-48(58)46(56)44(54)41(36-52)64-51/h6,8,12,14,18,20,24,26,40-42,44-52,54-59H,3-5,7,9-11,13,15-17,19,21-23,25,27-39H2,1-2H3/b8-6-,14-12-,20-18-,26-24-. The quantitative estimate of drug-likeness (QED) is 0.0185. The van der Waals surface area contributed by atoms with Crippen LogP contribution in [0.5, 0.6) is 0 Å². The summed E-state index contributed by atoms with van der Waals surface area (Å²) in [6.45, 7) is 3.52. The number of allylic oxidation sites excluding steroid dienone is 8. The number of hydrogen-bond donors (Lipinski definition) is 7. The molecule has 0 spiro atoms. The summed E-state index contributed by atoms with van der Waals surface area (Å²) >= 11 is 0. The molecule has 0 aromatic heterocycles. The number of carbonyl (C=O) groups is 1. The Morgan fingerprint density at radius 3 is 1.54 bits per heavy atom. The van der Waals surface area contributed by atoms with E-state index in [1.54, 1.807) is 0 Å². The maximum absolute atomic E-state index is 13.0. The zero-order chi connectivity index (χ0) is 47.3. The normalized spacial score (nSPS) is 26.9. The van der Waals surface area contributed by atoms with E-state index in [1.165, 1.54) is 83.5 Å². The Morgan fingerprint density at radius 1 is 0.523 bits per heavy atom. The van der Waals surface area contributed by atoms with Crippen LogP contribution in [0.1, 0.15) is 168 Å². The maximum Gasteiger partial charge on any atom is 0.306 e. The molecule has 0 aromatic rings. The van der Waals surface area contributed by atoms with Crippen LogP contribution in [0.2, 0.25) is 0 Å². The van der Waals surface area contributed by atoms with Crippen molar-refractivity contribution in [2.45, 2.75) is 235 Å². The molecule has 2 heterocycles. The Balaban J connectivity index is 1.79. The van der Waals surface area contributed by atoms with Crippen molar-refractivity contribution in [2.75, 3.05) is 33.0 Å². The first-order valence-electron chi connectivity index (χ1n) is 25.2. The molecule has 2 aliphatic heterocycles. The van der Waals surface area contributed by atoms with E-state index in [1.807, 2.05) is 0 Å². The van der Waals surface area contributed by atoms with E-state index in [-0.39, 0.29) is 19.6 Å². The first-order valence-corrected chi connectivity index (χ1v) is 25.2. The highest BCUT2D eigenvalue weighted by molar-refractivity contribution is 5.69. The van der Waals surface area contributed by atoms with Crippen LogP contribution < -0.4 is 0 Å². The Labute approximate surface area is 391 Å². The van der Waals surface area contributed by atoms with Crippen LogP contribution in [0.4, 0.5) is 0 Å². The molecule has 378 valence electrons. The second-order valence-corrected chi connectivity index (χ2v) is 17.6. The van der Waals surface area contributed by atoms with Crippen LogP contribution in [-0.2, 0) is 33.2 Å². The molecule has 0 aliphatic carbocycles. The molecule has 11 atom stereocenters. The van der Waals surface area contributed by atoms with Crippen molar-refractivity contribution in [2.24, 2.45) is 0 Å². The van der Waals surface area contributed by atoms with E-state index in [4.69, 9.17) is 28.4 Å². The summed E-state index contributed by atoms with van der Waals surface area (Å²) in [5.74, 6) is -0.416. The minimum absolute atomic E-state index is 0.0457. The van der Waals surface area contributed by atoms with Crippen LogP contribution >= 0.6 is 0 Å². The number of hydrogen-bond acceptors (Lipinski definition) is 14. The summed E-state index contributed by atoms with van der Waals surface area (Å²) < 4.78 is 34.2. The molecule has 0 aromatic carbocycles. The van der Waals surface area contributed by atoms with Crippen LogP contribution in [0.3, 0.4) is 0 Å². The van der Waals surface area contributed by atoms with E-state index in [2.05, 4.69) is 62.5 Å². The van der Waals surface area contributed by atoms with Gasteiger partial charge in [-0.1, -0.05) is 159 Å². The van der Waals surface area contributed by atoms with Gasteiger partial charge in [-0.25, -0.2) is 0 Å². The number of aliphatic hydroxyl groups excluding tert-OH is 7. The number of aliphatic hydroxyl groups is 7. The average molecular weight is 927 g/mol. The SMILES string of the molecule is CC/C=C\C/C=C\C/C=C\C/C=C\CCCCC(=O)OC(COCCCCCCCCCCCCCCCCCC)COC1OC(COC2OC(CO)C(O)C(O)C2O)C(O)C(O)C1O. The van der Waals surface area contributed by atoms with Crippen molar-refractivity contribution >= 4 is 5.97 Å². The first-order chi connectivity index (χ1) is 31.6. The Bertz CT molecular complexity index is 1260. The molecule has 0 bridgehead atoms. The summed E-state index contributed by atoms with van der Waals surface area (Å²) in [5.41, 5.74) is 0. The van der Waals surface area contributed by atoms with Gasteiger partial charge < -0.3 is 64.2 Å². The summed E-state index contributed by atoms with van der Waals surface area (Å²) in [6.07, 6.45) is 27.5. The summed E-state index contributed by atoms with van der Waals surface area (Å²) in [6, 6.07) is 0. The highest BCUT2D eigenvalue weighted by Crippen LogP contribution is 2.26. The molecule has 2 rings (SSSR count). The van der Waals surface area contributed by atoms with Gasteiger partial charge in [0.05, 0.1) is 26.4 Å². The van der Waals surface area contributed by atoms with E-state index >= 15 is 0 Å². The van der Waals surface area contributed by atoms with Gasteiger partial charge in [0.2, 0.25) is 0 Å². The molecular weight excluding hydrogens is 837 g/mol. The third kappa shape index (κ3) is 26.9. The van der Waals surface area contributed by atoms with Crippen LogP contribution in [0.25, 0.3) is 0 Å². The van der Waals surface area contributed by atoms with Gasteiger partial charge in [0.25, 0.3) is 0 Å². The minimum atomic E-state index is -1.71. The Kier molecular flexibility index (Phi) is 35.3. The molecule has 0 amide bonds. The van der Waals surface area contributed by atoms with Gasteiger partial charge in [0, 0.05) is 13.0 Å². The summed E-state index contributed by atoms with van der Waals surface area (Å²) in [7, 11) is 0. The Morgan fingerprint density at radius 2 is 1.00 bits per heavy atom. The lowest BCUT2D eigenvalue weighted by atomic mass is 9.98. The molecule has 7 N–H and O–H groups in total. The van der Waals surface area contributed by atoms with Gasteiger partial charge in [0.15, 0.2) is 12.6 Å². The largest absolute Gasteiger partial charge is 0.457 e. The number of ether oxygens (including phenoxy) is 6. The van der Waals surface area contributed by atoms with E-state index in [0.29, 0.717) is 13.0 Å². The van der Waals surface area contributed by atoms with Crippen LogP contribution in [-0.4, -0.2) is 142 Å². The fraction of sp³-hybridized carbons (Fsp3) is 0.824. The van der Waals surface area contributed by atoms with Crippen molar-refractivity contribution in [3.05, 3.63) is 48.6 Å². The molecular formula is C51H90O14. The molecule has 2 aliphatic rings. The minimum Gasteiger partial charge on any atom is -0.457 e. The van der Waals surface area contributed by atoms with Crippen molar-refractivity contribution in [1.82, 2.24) is 0 Å². The molecule has 2 saturated heterocycles. The number of unbranched alkanes of at least 4 members (excludes halogenated alkanes) is 17. The fourth-order valence-corrected chi connectivity index (χ4v) is 7.75. The summed E-state index contributed by atoms with van der Waals surface area (Å²) in [5, 5.41) is 72.1. The van der Waals surface area contributed by atoms with Crippen molar-refractivity contribution < 1.29 is 69.0 Å². The molecule has 0 saturated carbocycles. The lowest BCUT2D eigenvalue weighted by Crippen LogP contribution is -2.61. The molecule has 0 radical (unpaired) electrons. The van der Waals surface area contributed by atoms with Crippen molar-refractivity contribution in [1.29, 1.82) is 0 Å². The molecule has 2 fully saturated rings. The zero-order valence-electron chi connectivity index (χ0n) is 40.0. The van der Waals surface area contributed by atoms with Gasteiger partial charge in [-0.3, -0.25) is 4.79 Å². The predicted molar refractivity (Wildman–Crippen MR) is 252 cm³/mol. The maximum atomic E-state index is 13.0. The van der Waals surface area contributed by atoms with Crippen molar-refractivity contribution in [3.63, 3.8) is 0 Å².